The van der Waals surface area contributed by atoms with E-state index >= 15 is 0 Å². The molecule has 0 saturated carbocycles. The van der Waals surface area contributed by atoms with Gasteiger partial charge >= 0.3 is 6.18 Å². The van der Waals surface area contributed by atoms with Gasteiger partial charge in [0.05, 0.1) is 10.6 Å². The van der Waals surface area contributed by atoms with E-state index < -0.39 is 27.0 Å². The van der Waals surface area contributed by atoms with Crippen molar-refractivity contribution in [3.05, 3.63) is 47.9 Å². The number of alkyl halides is 3. The molecule has 0 radical (unpaired) electrons. The van der Waals surface area contributed by atoms with E-state index in [1.807, 2.05) is 0 Å². The molecule has 1 saturated heterocycles. The average molecular weight is 452 g/mol. The van der Waals surface area contributed by atoms with E-state index in [1.165, 1.54) is 18.4 Å². The van der Waals surface area contributed by atoms with Crippen LogP contribution in [0.1, 0.15) is 17.7 Å². The smallest absolute Gasteiger partial charge is 0.365 e. The first-order valence-corrected chi connectivity index (χ1v) is 11.4. The van der Waals surface area contributed by atoms with Crippen LogP contribution in [0.4, 0.5) is 24.9 Å². The molecule has 8 nitrogen and oxygen atoms in total. The van der Waals surface area contributed by atoms with Gasteiger partial charge in [-0.15, -0.1) is 0 Å². The van der Waals surface area contributed by atoms with Gasteiger partial charge in [0.2, 0.25) is 5.95 Å². The minimum atomic E-state index is -4.57. The maximum absolute atomic E-state index is 13.2. The summed E-state index contributed by atoms with van der Waals surface area (Å²) < 4.78 is 63.5. The Bertz CT molecular complexity index is 1220. The first-order valence-electron chi connectivity index (χ1n) is 9.44. The molecule has 0 spiro atoms. The van der Waals surface area contributed by atoms with Crippen LogP contribution in [0.25, 0.3) is 11.0 Å². The predicted octanol–water partition coefficient (Wildman–Crippen LogP) is 2.67. The van der Waals surface area contributed by atoms with Gasteiger partial charge in [-0.25, -0.2) is 13.4 Å². The number of anilines is 2. The maximum atomic E-state index is 13.2. The zero-order chi connectivity index (χ0) is 22.2. The second-order valence-corrected chi connectivity index (χ2v) is 9.62. The molecule has 0 amide bonds. The second-order valence-electron chi connectivity index (χ2n) is 7.30. The van der Waals surface area contributed by atoms with Gasteiger partial charge in [0.15, 0.2) is 15.5 Å². The Morgan fingerprint density at radius 3 is 2.61 bits per heavy atom. The molecule has 1 unspecified atom stereocenters. The molecule has 3 aromatic rings. The van der Waals surface area contributed by atoms with E-state index in [0.29, 0.717) is 29.8 Å². The van der Waals surface area contributed by atoms with Gasteiger partial charge in [-0.2, -0.15) is 23.1 Å². The molecule has 1 fully saturated rings. The molecule has 31 heavy (non-hydrogen) atoms. The van der Waals surface area contributed by atoms with Crippen LogP contribution < -0.4 is 10.2 Å². The van der Waals surface area contributed by atoms with Crippen molar-refractivity contribution in [2.45, 2.75) is 24.4 Å². The highest BCUT2D eigenvalue weighted by Crippen LogP contribution is 2.31. The monoisotopic (exact) mass is 452 g/mol. The number of rotatable bonds is 5. The first kappa shape index (κ1) is 21.2. The third kappa shape index (κ3) is 4.53. The van der Waals surface area contributed by atoms with Crippen molar-refractivity contribution in [2.75, 3.05) is 29.6 Å². The molecule has 0 aliphatic carbocycles. The van der Waals surface area contributed by atoms with E-state index in [4.69, 9.17) is 0 Å². The number of nitrogens with zero attached hydrogens (tertiary/aromatic N) is 5. The quantitative estimate of drug-likeness (QED) is 0.631. The molecule has 164 valence electrons. The second kappa shape index (κ2) is 7.91. The van der Waals surface area contributed by atoms with Gasteiger partial charge in [0.25, 0.3) is 0 Å². The number of nitrogens with one attached hydrogen (secondary N) is 1. The first-order chi connectivity index (χ1) is 14.6. The van der Waals surface area contributed by atoms with Crippen LogP contribution >= 0.6 is 0 Å². The fraction of sp³-hybridized carbons (Fsp3) is 0.368. The molecule has 4 rings (SSSR count). The lowest BCUT2D eigenvalue weighted by Gasteiger charge is -2.18. The topological polar surface area (TPSA) is 101 Å². The van der Waals surface area contributed by atoms with Crippen molar-refractivity contribution in [2.24, 2.45) is 0 Å². The van der Waals surface area contributed by atoms with Crippen molar-refractivity contribution < 1.29 is 21.6 Å². The number of fused-ring (bicyclic) bond motifs is 1. The van der Waals surface area contributed by atoms with Gasteiger partial charge in [-0.05, 0) is 24.6 Å². The minimum Gasteiger partial charge on any atom is -0.365 e. The molecule has 4 heterocycles. The van der Waals surface area contributed by atoms with Gasteiger partial charge < -0.3 is 10.2 Å². The molecule has 3 aromatic heterocycles. The zero-order valence-electron chi connectivity index (χ0n) is 16.5. The molecule has 1 atom stereocenters. The zero-order valence-corrected chi connectivity index (χ0v) is 17.3. The van der Waals surface area contributed by atoms with Crippen LogP contribution in [0.3, 0.4) is 0 Å². The maximum Gasteiger partial charge on any atom is 0.433 e. The Hall–Kier alpha value is -3.02. The Morgan fingerprint density at radius 2 is 1.90 bits per heavy atom. The summed E-state index contributed by atoms with van der Waals surface area (Å²) >= 11 is 0. The highest BCUT2D eigenvalue weighted by Gasteiger charge is 2.35. The number of hydrogen-bond acceptors (Lipinski definition) is 8. The molecule has 0 bridgehead atoms. The average Bonchev–Trinajstić information content (AvgIpc) is 3.22. The van der Waals surface area contributed by atoms with Crippen LogP contribution in [-0.2, 0) is 22.6 Å². The lowest BCUT2D eigenvalue weighted by Crippen LogP contribution is -2.27. The van der Waals surface area contributed by atoms with Gasteiger partial charge in [0.1, 0.15) is 11.5 Å². The summed E-state index contributed by atoms with van der Waals surface area (Å²) in [5.41, 5.74) is -0.625. The van der Waals surface area contributed by atoms with Crippen molar-refractivity contribution in [1.82, 2.24) is 19.9 Å². The third-order valence-corrected chi connectivity index (χ3v) is 6.69. The van der Waals surface area contributed by atoms with Crippen LogP contribution in [0.15, 0.2) is 36.7 Å². The summed E-state index contributed by atoms with van der Waals surface area (Å²) in [5, 5.41) is 2.97. The summed E-state index contributed by atoms with van der Waals surface area (Å²) in [6.07, 6.45) is -0.275. The predicted molar refractivity (Wildman–Crippen MR) is 109 cm³/mol. The molecule has 1 N–H and O–H groups in total. The van der Waals surface area contributed by atoms with Gasteiger partial charge in [-0.1, -0.05) is 6.07 Å². The van der Waals surface area contributed by atoms with E-state index in [2.05, 4.69) is 25.3 Å². The largest absolute Gasteiger partial charge is 0.433 e. The van der Waals surface area contributed by atoms with Gasteiger partial charge in [-0.3, -0.25) is 4.98 Å². The van der Waals surface area contributed by atoms with E-state index in [1.54, 1.807) is 23.2 Å². The van der Waals surface area contributed by atoms with Crippen LogP contribution in [0.5, 0.6) is 0 Å². The number of hydrogen-bond donors (Lipinski definition) is 1. The normalized spacial score (nSPS) is 17.3. The number of halogens is 3. The van der Waals surface area contributed by atoms with Crippen molar-refractivity contribution in [3.8, 4) is 0 Å². The standard InChI is InChI=1S/C19H19F3N6O2S/c1-31(29,30)13-6-9-28(11-13)18-26-16-14(5-3-8-24-16)17(27-18)25-10-12-4-2-7-23-15(12)19(20,21)22/h2-5,7-8,13H,6,9-11H2,1H3,(H,24,25,26,27). The number of sulfone groups is 1. The lowest BCUT2D eigenvalue weighted by atomic mass is 10.2. The molecule has 12 heteroatoms. The van der Waals surface area contributed by atoms with Crippen molar-refractivity contribution >= 4 is 32.6 Å². The SMILES string of the molecule is CS(=O)(=O)C1CCN(c2nc(NCc3cccnc3C(F)(F)F)c3cccnc3n2)C1. The summed E-state index contributed by atoms with van der Waals surface area (Å²) in [4.78, 5) is 18.3. The van der Waals surface area contributed by atoms with Crippen LogP contribution in [-0.4, -0.2) is 52.9 Å². The highest BCUT2D eigenvalue weighted by atomic mass is 32.2. The summed E-state index contributed by atoms with van der Waals surface area (Å²) in [5.74, 6) is 0.593. The van der Waals surface area contributed by atoms with Crippen molar-refractivity contribution in [1.29, 1.82) is 0 Å². The Kier molecular flexibility index (Phi) is 5.42. The lowest BCUT2D eigenvalue weighted by molar-refractivity contribution is -0.141. The Morgan fingerprint density at radius 1 is 1.16 bits per heavy atom. The van der Waals surface area contributed by atoms with Crippen LogP contribution in [0, 0.1) is 0 Å². The highest BCUT2D eigenvalue weighted by molar-refractivity contribution is 7.91. The Balaban J connectivity index is 1.66. The van der Waals surface area contributed by atoms with E-state index in [-0.39, 0.29) is 24.6 Å². The minimum absolute atomic E-state index is 0.0227. The number of pyridine rings is 2. The Labute approximate surface area is 176 Å². The third-order valence-electron chi connectivity index (χ3n) is 5.10. The molecular formula is C19H19F3N6O2S. The molecule has 1 aliphatic rings. The summed E-state index contributed by atoms with van der Waals surface area (Å²) in [6.45, 7) is 0.545. The summed E-state index contributed by atoms with van der Waals surface area (Å²) in [6, 6.07) is 6.18. The molecule has 0 aromatic carbocycles. The fourth-order valence-electron chi connectivity index (χ4n) is 3.50. The number of aromatic nitrogens is 4. The van der Waals surface area contributed by atoms with E-state index in [0.717, 1.165) is 6.20 Å². The molecule has 1 aliphatic heterocycles. The van der Waals surface area contributed by atoms with Crippen molar-refractivity contribution in [3.63, 3.8) is 0 Å². The van der Waals surface area contributed by atoms with Gasteiger partial charge in [0, 0.05) is 43.8 Å². The van der Waals surface area contributed by atoms with Crippen LogP contribution in [0.2, 0.25) is 0 Å². The van der Waals surface area contributed by atoms with E-state index in [9.17, 15) is 21.6 Å². The molecular weight excluding hydrogens is 433 g/mol. The summed E-state index contributed by atoms with van der Waals surface area (Å²) in [7, 11) is -3.20. The fourth-order valence-corrected chi connectivity index (χ4v) is 4.49.